The number of unbranched alkanes of at least 4 members (excludes halogenated alkanes) is 5. The number of methoxy groups -OCH3 is 2. The third-order valence-corrected chi connectivity index (χ3v) is 6.97. The molecule has 9 heteroatoms. The van der Waals surface area contributed by atoms with Gasteiger partial charge in [0, 0.05) is 38.1 Å². The zero-order valence-electron chi connectivity index (χ0n) is 25.6. The molecule has 0 aromatic heterocycles. The van der Waals surface area contributed by atoms with Crippen LogP contribution in [0.25, 0.3) is 0 Å². The highest BCUT2D eigenvalue weighted by atomic mass is 16.5. The van der Waals surface area contributed by atoms with E-state index in [9.17, 15) is 19.2 Å². The Morgan fingerprint density at radius 2 is 1.70 bits per heavy atom. The minimum atomic E-state index is -1.25. The highest BCUT2D eigenvalue weighted by molar-refractivity contribution is 5.90. The van der Waals surface area contributed by atoms with E-state index in [4.69, 9.17) is 9.47 Å². The van der Waals surface area contributed by atoms with Gasteiger partial charge in [-0.05, 0) is 44.2 Å². The lowest BCUT2D eigenvalue weighted by Gasteiger charge is -2.29. The molecular formula is C31H51N3O6. The van der Waals surface area contributed by atoms with E-state index in [0.29, 0.717) is 37.2 Å². The molecule has 3 amide bonds. The zero-order chi connectivity index (χ0) is 30.1. The molecule has 0 heterocycles. The van der Waals surface area contributed by atoms with E-state index >= 15 is 0 Å². The van der Waals surface area contributed by atoms with E-state index in [1.807, 2.05) is 19.9 Å². The van der Waals surface area contributed by atoms with Gasteiger partial charge in [-0.1, -0.05) is 52.9 Å². The van der Waals surface area contributed by atoms with Crippen LogP contribution < -0.4 is 20.1 Å². The molecule has 0 spiro atoms. The maximum absolute atomic E-state index is 13.2. The summed E-state index contributed by atoms with van der Waals surface area (Å²) < 4.78 is 10.6. The first kappa shape index (κ1) is 34.9. The number of nitrogens with one attached hydrogen (secondary N) is 2. The van der Waals surface area contributed by atoms with Crippen LogP contribution in [0, 0.1) is 5.92 Å². The molecule has 0 aliphatic heterocycles. The summed E-state index contributed by atoms with van der Waals surface area (Å²) in [5.74, 6) is 0.683. The van der Waals surface area contributed by atoms with Crippen LogP contribution in [-0.2, 0) is 25.7 Å². The van der Waals surface area contributed by atoms with Gasteiger partial charge in [-0.3, -0.25) is 14.4 Å². The highest BCUT2D eigenvalue weighted by Crippen LogP contribution is 2.26. The molecule has 0 aliphatic rings. The van der Waals surface area contributed by atoms with E-state index in [2.05, 4.69) is 17.6 Å². The molecule has 0 fully saturated rings. The van der Waals surface area contributed by atoms with Gasteiger partial charge in [-0.25, -0.2) is 0 Å². The Kier molecular flexibility index (Phi) is 16.0. The molecule has 0 aliphatic carbocycles. The highest BCUT2D eigenvalue weighted by Gasteiger charge is 2.31. The fraction of sp³-hybridized carbons (Fsp3) is 0.677. The fourth-order valence-corrected chi connectivity index (χ4v) is 4.44. The quantitative estimate of drug-likeness (QED) is 0.175. The summed E-state index contributed by atoms with van der Waals surface area (Å²) in [6.45, 7) is 8.04. The van der Waals surface area contributed by atoms with E-state index < -0.39 is 17.5 Å². The first-order valence-electron chi connectivity index (χ1n) is 14.5. The van der Waals surface area contributed by atoms with Gasteiger partial charge >= 0.3 is 0 Å². The van der Waals surface area contributed by atoms with Gasteiger partial charge in [-0.2, -0.15) is 0 Å². The summed E-state index contributed by atoms with van der Waals surface area (Å²) in [4.78, 5) is 52.2. The van der Waals surface area contributed by atoms with Crippen molar-refractivity contribution in [2.75, 3.05) is 21.3 Å². The molecule has 0 saturated heterocycles. The van der Waals surface area contributed by atoms with Gasteiger partial charge in [0.15, 0.2) is 0 Å². The van der Waals surface area contributed by atoms with Crippen LogP contribution in [0.5, 0.6) is 11.5 Å². The summed E-state index contributed by atoms with van der Waals surface area (Å²) in [7, 11) is 4.81. The summed E-state index contributed by atoms with van der Waals surface area (Å²) in [6, 6.07) is 4.65. The number of ether oxygens (including phenoxy) is 2. The van der Waals surface area contributed by atoms with E-state index in [1.165, 1.54) is 19.3 Å². The van der Waals surface area contributed by atoms with Gasteiger partial charge in [0.05, 0.1) is 19.8 Å². The molecule has 1 aromatic carbocycles. The summed E-state index contributed by atoms with van der Waals surface area (Å²) >= 11 is 0. The summed E-state index contributed by atoms with van der Waals surface area (Å²) in [6.07, 6.45) is 8.12. The van der Waals surface area contributed by atoms with Crippen LogP contribution in [0.2, 0.25) is 0 Å². The van der Waals surface area contributed by atoms with Gasteiger partial charge in [0.1, 0.15) is 23.8 Å². The van der Waals surface area contributed by atoms with Crippen LogP contribution in [0.3, 0.4) is 0 Å². The van der Waals surface area contributed by atoms with Crippen LogP contribution in [-0.4, -0.2) is 61.8 Å². The summed E-state index contributed by atoms with van der Waals surface area (Å²) in [5.41, 5.74) is -0.427. The predicted octanol–water partition coefficient (Wildman–Crippen LogP) is 4.80. The van der Waals surface area contributed by atoms with Crippen molar-refractivity contribution >= 4 is 24.0 Å². The molecular weight excluding hydrogens is 510 g/mol. The molecule has 0 saturated carbocycles. The van der Waals surface area contributed by atoms with Crippen molar-refractivity contribution in [1.29, 1.82) is 0 Å². The van der Waals surface area contributed by atoms with E-state index in [1.54, 1.807) is 45.2 Å². The van der Waals surface area contributed by atoms with Crippen LogP contribution in [0.15, 0.2) is 18.2 Å². The Hall–Kier alpha value is -3.10. The third kappa shape index (κ3) is 12.8. The number of hydrogen-bond acceptors (Lipinski definition) is 6. The zero-order valence-corrected chi connectivity index (χ0v) is 25.6. The molecule has 2 N–H and O–H groups in total. The van der Waals surface area contributed by atoms with Crippen LogP contribution >= 0.6 is 0 Å². The topological polar surface area (TPSA) is 114 Å². The molecule has 40 heavy (non-hydrogen) atoms. The van der Waals surface area contributed by atoms with Crippen LogP contribution in [0.1, 0.15) is 97.5 Å². The second-order valence-electron chi connectivity index (χ2n) is 11.2. The lowest BCUT2D eigenvalue weighted by molar-refractivity contribution is -0.133. The molecule has 0 bridgehead atoms. The number of carbonyl (C=O) groups excluding carboxylic acids is 4. The molecule has 9 nitrogen and oxygen atoms in total. The fourth-order valence-electron chi connectivity index (χ4n) is 4.44. The molecule has 2 atom stereocenters. The minimum Gasteiger partial charge on any atom is -0.497 e. The number of rotatable bonds is 20. The third-order valence-electron chi connectivity index (χ3n) is 6.97. The standard InChI is InChI=1S/C31H51N3O6/c1-8-9-10-11-12-13-14-28(36)32-26(19-23(2)3)30(38)33-31(4,22-35)18-17-29(37)34(5)21-24-15-16-25(39-6)20-27(24)40-7/h15-16,20,22-23,26H,8-14,17-19,21H2,1-7H3,(H,32,36)(H,33,38)/t26-,31?/m0/s1. The first-order chi connectivity index (χ1) is 19.0. The van der Waals surface area contributed by atoms with E-state index in [0.717, 1.165) is 24.8 Å². The predicted molar refractivity (Wildman–Crippen MR) is 157 cm³/mol. The minimum absolute atomic E-state index is 0.0593. The monoisotopic (exact) mass is 561 g/mol. The van der Waals surface area contributed by atoms with Crippen molar-refractivity contribution in [3.8, 4) is 11.5 Å². The first-order valence-corrected chi connectivity index (χ1v) is 14.5. The average molecular weight is 562 g/mol. The normalized spacial score (nSPS) is 13.2. The van der Waals surface area contributed by atoms with Gasteiger partial charge in [0.2, 0.25) is 17.7 Å². The number of hydrogen-bond donors (Lipinski definition) is 2. The lowest BCUT2D eigenvalue weighted by atomic mass is 9.95. The van der Waals surface area contributed by atoms with Crippen molar-refractivity contribution in [1.82, 2.24) is 15.5 Å². The van der Waals surface area contributed by atoms with Gasteiger partial charge < -0.3 is 29.8 Å². The number of aldehydes is 1. The maximum Gasteiger partial charge on any atom is 0.243 e. The SMILES string of the molecule is CCCCCCCCC(=O)N[C@@H](CC(C)C)C(=O)NC(C)(C=O)CCC(=O)N(C)Cc1ccc(OC)cc1OC. The smallest absolute Gasteiger partial charge is 0.243 e. The maximum atomic E-state index is 13.2. The van der Waals surface area contributed by atoms with Gasteiger partial charge in [-0.15, -0.1) is 0 Å². The Morgan fingerprint density at radius 3 is 2.30 bits per heavy atom. The van der Waals surface area contributed by atoms with Crippen molar-refractivity contribution in [3.63, 3.8) is 0 Å². The Labute approximate surface area is 240 Å². The van der Waals surface area contributed by atoms with Crippen molar-refractivity contribution < 1.29 is 28.7 Å². The molecule has 0 radical (unpaired) electrons. The van der Waals surface area contributed by atoms with Crippen molar-refractivity contribution in [2.45, 2.75) is 110 Å². The second kappa shape index (κ2) is 18.3. The Bertz CT molecular complexity index is 951. The van der Waals surface area contributed by atoms with Crippen molar-refractivity contribution in [2.24, 2.45) is 5.92 Å². The van der Waals surface area contributed by atoms with Crippen LogP contribution in [0.4, 0.5) is 0 Å². The number of amides is 3. The van der Waals surface area contributed by atoms with Gasteiger partial charge in [0.25, 0.3) is 0 Å². The molecule has 226 valence electrons. The Balaban J connectivity index is 2.71. The van der Waals surface area contributed by atoms with E-state index in [-0.39, 0.29) is 30.6 Å². The average Bonchev–Trinajstić information content (AvgIpc) is 2.93. The summed E-state index contributed by atoms with van der Waals surface area (Å²) in [5, 5.41) is 5.66. The number of benzene rings is 1. The Morgan fingerprint density at radius 1 is 1.02 bits per heavy atom. The molecule has 1 rings (SSSR count). The second-order valence-corrected chi connectivity index (χ2v) is 11.2. The van der Waals surface area contributed by atoms with Crippen molar-refractivity contribution in [3.05, 3.63) is 23.8 Å². The molecule has 1 unspecified atom stereocenters. The lowest BCUT2D eigenvalue weighted by Crippen LogP contribution is -2.55. The number of nitrogens with zero attached hydrogens (tertiary/aromatic N) is 1. The largest absolute Gasteiger partial charge is 0.497 e. The molecule has 1 aromatic rings. The number of carbonyl (C=O) groups is 4.